The van der Waals surface area contributed by atoms with E-state index in [1.807, 2.05) is 27.7 Å². The van der Waals surface area contributed by atoms with Crippen molar-refractivity contribution in [2.75, 3.05) is 46.8 Å². The molecule has 1 atom stereocenters. The highest BCUT2D eigenvalue weighted by Gasteiger charge is 2.23. The largest absolute Gasteiger partial charge is 0.444 e. The minimum Gasteiger partial charge on any atom is -0.444 e. The maximum atomic E-state index is 12.1. The van der Waals surface area contributed by atoms with Crippen LogP contribution >= 0.6 is 0 Å². The number of rotatable bonds is 9. The number of nitrogens with one attached hydrogen (secondary N) is 3. The van der Waals surface area contributed by atoms with Gasteiger partial charge in [0.15, 0.2) is 5.96 Å². The molecule has 1 unspecified atom stereocenters. The molecule has 9 heteroatoms. The van der Waals surface area contributed by atoms with Crippen LogP contribution in [0.15, 0.2) is 4.99 Å². The number of nitrogens with zero attached hydrogens (tertiary/aromatic N) is 3. The Morgan fingerprint density at radius 2 is 1.84 bits per heavy atom. The quantitative estimate of drug-likeness (QED) is 0.374. The summed E-state index contributed by atoms with van der Waals surface area (Å²) >= 11 is 0. The number of carbonyl (C=O) groups excluding carboxylic acids is 2. The van der Waals surface area contributed by atoms with Gasteiger partial charge in [-0.2, -0.15) is 0 Å². The topological polar surface area (TPSA) is 98.3 Å². The van der Waals surface area contributed by atoms with Crippen LogP contribution in [-0.2, 0) is 9.53 Å². The highest BCUT2D eigenvalue weighted by atomic mass is 16.6. The number of hydrogen-bond acceptors (Lipinski definition) is 5. The average Bonchev–Trinajstić information content (AvgIpc) is 2.66. The fraction of sp³-hybridized carbons (Fsp3) is 0.864. The summed E-state index contributed by atoms with van der Waals surface area (Å²) in [6.07, 6.45) is 3.29. The molecule has 1 heterocycles. The zero-order valence-corrected chi connectivity index (χ0v) is 20.6. The van der Waals surface area contributed by atoms with Gasteiger partial charge >= 0.3 is 6.09 Å². The van der Waals surface area contributed by atoms with Crippen LogP contribution in [0.2, 0.25) is 0 Å². The van der Waals surface area contributed by atoms with Gasteiger partial charge in [0, 0.05) is 39.8 Å². The third kappa shape index (κ3) is 11.8. The highest BCUT2D eigenvalue weighted by Crippen LogP contribution is 2.11. The first-order valence-electron chi connectivity index (χ1n) is 11.5. The van der Waals surface area contributed by atoms with Crippen molar-refractivity contribution < 1.29 is 14.3 Å². The van der Waals surface area contributed by atoms with E-state index in [0.29, 0.717) is 19.1 Å². The van der Waals surface area contributed by atoms with Crippen LogP contribution in [0.25, 0.3) is 0 Å². The molecular formula is C22H44N6O3. The molecule has 0 saturated carbocycles. The molecule has 1 aliphatic heterocycles. The van der Waals surface area contributed by atoms with Crippen LogP contribution in [0.5, 0.6) is 0 Å². The van der Waals surface area contributed by atoms with Crippen molar-refractivity contribution in [1.29, 1.82) is 0 Å². The van der Waals surface area contributed by atoms with Crippen molar-refractivity contribution in [2.45, 2.75) is 78.0 Å². The number of carbonyl (C=O) groups is 2. The molecule has 0 aromatic rings. The van der Waals surface area contributed by atoms with Gasteiger partial charge in [-0.05, 0) is 47.0 Å². The van der Waals surface area contributed by atoms with Gasteiger partial charge in [0.25, 0.3) is 0 Å². The number of aliphatic imine (C=N–C) groups is 1. The standard InChI is InChI=1S/C22H44N6O3/c1-8-10-18(26-21(30)31-22(3,4)5)15-24-20(23-9-2)25-17-11-13-28(14-12-17)16-19(29)27(6)7/h17-18H,8-16H2,1-7H3,(H,26,30)(H2,23,24,25). The Hall–Kier alpha value is -2.03. The van der Waals surface area contributed by atoms with Crippen LogP contribution in [-0.4, -0.2) is 92.3 Å². The number of ether oxygens (including phenoxy) is 1. The summed E-state index contributed by atoms with van der Waals surface area (Å²) in [7, 11) is 3.58. The summed E-state index contributed by atoms with van der Waals surface area (Å²) in [5.41, 5.74) is -0.521. The number of alkyl carbamates (subject to hydrolysis) is 1. The van der Waals surface area contributed by atoms with E-state index < -0.39 is 11.7 Å². The lowest BCUT2D eigenvalue weighted by atomic mass is 10.1. The van der Waals surface area contributed by atoms with Crippen LogP contribution in [0.3, 0.4) is 0 Å². The number of likely N-dealkylation sites (tertiary alicyclic amines) is 1. The molecular weight excluding hydrogens is 396 g/mol. The first kappa shape index (κ1) is 27.0. The predicted molar refractivity (Wildman–Crippen MR) is 125 cm³/mol. The van der Waals surface area contributed by atoms with Gasteiger partial charge in [-0.3, -0.25) is 14.7 Å². The fourth-order valence-corrected chi connectivity index (χ4v) is 3.31. The van der Waals surface area contributed by atoms with Gasteiger partial charge in [-0.25, -0.2) is 4.79 Å². The molecule has 1 saturated heterocycles. The lowest BCUT2D eigenvalue weighted by molar-refractivity contribution is -0.130. The second kappa shape index (κ2) is 13.4. The summed E-state index contributed by atoms with van der Waals surface area (Å²) in [6.45, 7) is 13.2. The Kier molecular flexibility index (Phi) is 11.7. The van der Waals surface area contributed by atoms with E-state index in [1.165, 1.54) is 0 Å². The maximum Gasteiger partial charge on any atom is 0.407 e. The molecule has 0 aliphatic carbocycles. The number of piperidine rings is 1. The summed E-state index contributed by atoms with van der Waals surface area (Å²) in [4.78, 5) is 32.6. The zero-order chi connectivity index (χ0) is 23.4. The smallest absolute Gasteiger partial charge is 0.407 e. The van der Waals surface area contributed by atoms with Gasteiger partial charge in [0.2, 0.25) is 5.91 Å². The summed E-state index contributed by atoms with van der Waals surface area (Å²) in [5, 5.41) is 9.76. The highest BCUT2D eigenvalue weighted by molar-refractivity contribution is 5.80. The van der Waals surface area contributed by atoms with Gasteiger partial charge in [0.05, 0.1) is 19.1 Å². The van der Waals surface area contributed by atoms with E-state index in [2.05, 4.69) is 27.8 Å². The van der Waals surface area contributed by atoms with Gasteiger partial charge in [-0.15, -0.1) is 0 Å². The van der Waals surface area contributed by atoms with Crippen LogP contribution in [0.1, 0.15) is 60.3 Å². The van der Waals surface area contributed by atoms with Crippen LogP contribution in [0, 0.1) is 0 Å². The number of likely N-dealkylation sites (N-methyl/N-ethyl adjacent to an activating group) is 1. The Morgan fingerprint density at radius 1 is 1.19 bits per heavy atom. The Labute approximate surface area is 188 Å². The molecule has 0 spiro atoms. The van der Waals surface area contributed by atoms with Crippen molar-refractivity contribution in [3.05, 3.63) is 0 Å². The second-order valence-electron chi connectivity index (χ2n) is 9.33. The van der Waals surface area contributed by atoms with Crippen molar-refractivity contribution in [3.63, 3.8) is 0 Å². The van der Waals surface area contributed by atoms with Crippen LogP contribution < -0.4 is 16.0 Å². The molecule has 31 heavy (non-hydrogen) atoms. The third-order valence-electron chi connectivity index (χ3n) is 4.96. The minimum absolute atomic E-state index is 0.0748. The zero-order valence-electron chi connectivity index (χ0n) is 20.6. The first-order valence-corrected chi connectivity index (χ1v) is 11.5. The van der Waals surface area contributed by atoms with Crippen molar-refractivity contribution in [1.82, 2.24) is 25.8 Å². The molecule has 9 nitrogen and oxygen atoms in total. The van der Waals surface area contributed by atoms with E-state index in [9.17, 15) is 9.59 Å². The summed E-state index contributed by atoms with van der Waals surface area (Å²) in [6, 6.07) is 0.237. The SMILES string of the molecule is CCCC(CN=C(NCC)NC1CCN(CC(=O)N(C)C)CC1)NC(=O)OC(C)(C)C. The molecule has 0 aromatic carbocycles. The molecule has 180 valence electrons. The number of hydrogen-bond donors (Lipinski definition) is 3. The van der Waals surface area contributed by atoms with E-state index in [-0.39, 0.29) is 11.9 Å². The van der Waals surface area contributed by atoms with E-state index in [4.69, 9.17) is 9.73 Å². The predicted octanol–water partition coefficient (Wildman–Crippen LogP) is 1.79. The lowest BCUT2D eigenvalue weighted by Gasteiger charge is -2.33. The molecule has 0 radical (unpaired) electrons. The van der Waals surface area contributed by atoms with Crippen molar-refractivity contribution in [3.8, 4) is 0 Å². The molecule has 1 fully saturated rings. The van der Waals surface area contributed by atoms with E-state index in [1.54, 1.807) is 19.0 Å². The monoisotopic (exact) mass is 440 g/mol. The third-order valence-corrected chi connectivity index (χ3v) is 4.96. The molecule has 1 aliphatic rings. The van der Waals surface area contributed by atoms with Crippen molar-refractivity contribution >= 4 is 18.0 Å². The fourth-order valence-electron chi connectivity index (χ4n) is 3.31. The summed E-state index contributed by atoms with van der Waals surface area (Å²) in [5.74, 6) is 0.901. The number of amides is 2. The maximum absolute atomic E-state index is 12.1. The average molecular weight is 441 g/mol. The molecule has 0 aromatic heterocycles. The Morgan fingerprint density at radius 3 is 2.35 bits per heavy atom. The van der Waals surface area contributed by atoms with Crippen molar-refractivity contribution in [2.24, 2.45) is 4.99 Å². The second-order valence-corrected chi connectivity index (χ2v) is 9.33. The Bertz CT molecular complexity index is 580. The normalized spacial score (nSPS) is 17.1. The summed E-state index contributed by atoms with van der Waals surface area (Å²) < 4.78 is 5.38. The molecule has 0 bridgehead atoms. The van der Waals surface area contributed by atoms with Crippen LogP contribution in [0.4, 0.5) is 4.79 Å². The lowest BCUT2D eigenvalue weighted by Crippen LogP contribution is -2.50. The van der Waals surface area contributed by atoms with Gasteiger partial charge in [0.1, 0.15) is 5.60 Å². The number of guanidine groups is 1. The van der Waals surface area contributed by atoms with E-state index >= 15 is 0 Å². The molecule has 1 rings (SSSR count). The Balaban J connectivity index is 2.59. The first-order chi connectivity index (χ1) is 14.5. The van der Waals surface area contributed by atoms with Gasteiger partial charge < -0.3 is 25.6 Å². The van der Waals surface area contributed by atoms with E-state index in [0.717, 1.165) is 51.3 Å². The molecule has 2 amide bonds. The molecule has 3 N–H and O–H groups in total. The van der Waals surface area contributed by atoms with Gasteiger partial charge in [-0.1, -0.05) is 13.3 Å². The minimum atomic E-state index is -0.521.